The Hall–Kier alpha value is -1.28. The van der Waals surface area contributed by atoms with Crippen LogP contribution in [0.3, 0.4) is 0 Å². The normalized spacial score (nSPS) is 15.8. The van der Waals surface area contributed by atoms with Crippen LogP contribution >= 0.6 is 11.6 Å². The Balaban J connectivity index is 2.16. The summed E-state index contributed by atoms with van der Waals surface area (Å²) in [5.74, 6) is 0.605. The fraction of sp³-hybridized carbons (Fsp3) is 0.500. The number of aromatic nitrogens is 1. The van der Waals surface area contributed by atoms with Gasteiger partial charge in [0.15, 0.2) is 0 Å². The fourth-order valence-electron chi connectivity index (χ4n) is 3.33. The van der Waals surface area contributed by atoms with E-state index in [0.29, 0.717) is 5.92 Å². The lowest BCUT2D eigenvalue weighted by Gasteiger charge is -2.16. The van der Waals surface area contributed by atoms with E-state index < -0.39 is 0 Å². The van der Waals surface area contributed by atoms with Crippen molar-refractivity contribution >= 4 is 28.2 Å². The van der Waals surface area contributed by atoms with Crippen LogP contribution in [0, 0.1) is 6.92 Å². The van der Waals surface area contributed by atoms with E-state index in [1.807, 2.05) is 6.07 Å². The van der Waals surface area contributed by atoms with Crippen LogP contribution in [0.5, 0.6) is 0 Å². The molecule has 1 N–H and O–H groups in total. The van der Waals surface area contributed by atoms with Crippen molar-refractivity contribution in [2.45, 2.75) is 51.9 Å². The van der Waals surface area contributed by atoms with Crippen molar-refractivity contribution in [3.63, 3.8) is 0 Å². The third-order valence-electron chi connectivity index (χ3n) is 4.48. The van der Waals surface area contributed by atoms with Gasteiger partial charge in [-0.05, 0) is 43.9 Å². The molecule has 0 saturated heterocycles. The van der Waals surface area contributed by atoms with Crippen LogP contribution in [0.15, 0.2) is 18.2 Å². The molecule has 0 spiro atoms. The summed E-state index contributed by atoms with van der Waals surface area (Å²) in [4.78, 5) is 4.91. The highest BCUT2D eigenvalue weighted by atomic mass is 35.5. The molecular formula is C18H23ClN2. The molecule has 112 valence electrons. The maximum Gasteiger partial charge on any atom is 0.0914 e. The summed E-state index contributed by atoms with van der Waals surface area (Å²) in [6.07, 6.45) is 6.28. The van der Waals surface area contributed by atoms with Gasteiger partial charge < -0.3 is 5.32 Å². The van der Waals surface area contributed by atoms with Crippen molar-refractivity contribution in [2.75, 3.05) is 11.9 Å². The van der Waals surface area contributed by atoms with E-state index in [1.54, 1.807) is 0 Å². The highest BCUT2D eigenvalue weighted by Crippen LogP contribution is 2.38. The molecular weight excluding hydrogens is 280 g/mol. The van der Waals surface area contributed by atoms with Gasteiger partial charge in [-0.15, -0.1) is 0 Å². The Bertz CT molecular complexity index is 645. The summed E-state index contributed by atoms with van der Waals surface area (Å²) in [6, 6.07) is 6.31. The van der Waals surface area contributed by atoms with Crippen molar-refractivity contribution < 1.29 is 0 Å². The third kappa shape index (κ3) is 2.87. The number of halogens is 1. The predicted molar refractivity (Wildman–Crippen MR) is 91.5 cm³/mol. The molecule has 0 unspecified atom stereocenters. The first-order valence-corrected chi connectivity index (χ1v) is 8.42. The predicted octanol–water partition coefficient (Wildman–Crippen LogP) is 5.68. The lowest BCUT2D eigenvalue weighted by molar-refractivity contribution is 0.701. The highest BCUT2D eigenvalue weighted by molar-refractivity contribution is 6.35. The van der Waals surface area contributed by atoms with Gasteiger partial charge in [0, 0.05) is 29.2 Å². The second-order valence-corrected chi connectivity index (χ2v) is 6.50. The van der Waals surface area contributed by atoms with E-state index in [0.717, 1.165) is 23.5 Å². The number of anilines is 1. The Morgan fingerprint density at radius 2 is 2.05 bits per heavy atom. The molecule has 0 bridgehead atoms. The standard InChI is InChI=1S/C18H23ClN2/c1-3-10-20-16-11-15(13-6-4-5-7-13)21-18-14(19)9-8-12(2)17(16)18/h8-9,11,13H,3-7,10H2,1-2H3,(H,20,21). The van der Waals surface area contributed by atoms with Crippen molar-refractivity contribution in [1.82, 2.24) is 4.98 Å². The van der Waals surface area contributed by atoms with E-state index in [4.69, 9.17) is 16.6 Å². The molecule has 1 aromatic carbocycles. The molecule has 1 aromatic heterocycles. The van der Waals surface area contributed by atoms with E-state index in [2.05, 4.69) is 31.3 Å². The van der Waals surface area contributed by atoms with Gasteiger partial charge >= 0.3 is 0 Å². The van der Waals surface area contributed by atoms with Crippen LogP contribution in [0.2, 0.25) is 5.02 Å². The van der Waals surface area contributed by atoms with E-state index in [-0.39, 0.29) is 0 Å². The monoisotopic (exact) mass is 302 g/mol. The number of pyridine rings is 1. The summed E-state index contributed by atoms with van der Waals surface area (Å²) < 4.78 is 0. The zero-order chi connectivity index (χ0) is 14.8. The van der Waals surface area contributed by atoms with Gasteiger partial charge in [0.05, 0.1) is 10.5 Å². The average molecular weight is 303 g/mol. The molecule has 3 rings (SSSR count). The first-order chi connectivity index (χ1) is 10.2. The lowest BCUT2D eigenvalue weighted by Crippen LogP contribution is -2.05. The molecule has 21 heavy (non-hydrogen) atoms. The summed E-state index contributed by atoms with van der Waals surface area (Å²) in [5.41, 5.74) is 4.60. The van der Waals surface area contributed by atoms with E-state index in [9.17, 15) is 0 Å². The van der Waals surface area contributed by atoms with Crippen LogP contribution in [-0.4, -0.2) is 11.5 Å². The van der Waals surface area contributed by atoms with Gasteiger partial charge in [-0.2, -0.15) is 0 Å². The number of hydrogen-bond acceptors (Lipinski definition) is 2. The number of rotatable bonds is 4. The second kappa shape index (κ2) is 6.23. The van der Waals surface area contributed by atoms with Crippen molar-refractivity contribution in [2.24, 2.45) is 0 Å². The Morgan fingerprint density at radius 3 is 2.76 bits per heavy atom. The number of fused-ring (bicyclic) bond motifs is 1. The Kier molecular flexibility index (Phi) is 4.34. The van der Waals surface area contributed by atoms with Crippen LogP contribution in [0.1, 0.15) is 56.2 Å². The molecule has 0 radical (unpaired) electrons. The number of nitrogens with zero attached hydrogens (tertiary/aromatic N) is 1. The van der Waals surface area contributed by atoms with Crippen LogP contribution in [0.25, 0.3) is 10.9 Å². The molecule has 1 aliphatic carbocycles. The minimum atomic E-state index is 0.605. The maximum absolute atomic E-state index is 6.42. The zero-order valence-electron chi connectivity index (χ0n) is 12.9. The van der Waals surface area contributed by atoms with Gasteiger partial charge in [-0.3, -0.25) is 4.98 Å². The van der Waals surface area contributed by atoms with Crippen molar-refractivity contribution in [3.8, 4) is 0 Å². The molecule has 2 nitrogen and oxygen atoms in total. The Morgan fingerprint density at radius 1 is 1.29 bits per heavy atom. The van der Waals surface area contributed by atoms with Crippen LogP contribution in [0.4, 0.5) is 5.69 Å². The summed E-state index contributed by atoms with van der Waals surface area (Å²) in [7, 11) is 0. The molecule has 1 saturated carbocycles. The Labute approximate surface area is 131 Å². The third-order valence-corrected chi connectivity index (χ3v) is 4.78. The van der Waals surface area contributed by atoms with Crippen LogP contribution in [-0.2, 0) is 0 Å². The topological polar surface area (TPSA) is 24.9 Å². The number of hydrogen-bond donors (Lipinski definition) is 1. The zero-order valence-corrected chi connectivity index (χ0v) is 13.6. The molecule has 0 aliphatic heterocycles. The van der Waals surface area contributed by atoms with Gasteiger partial charge in [0.1, 0.15) is 0 Å². The van der Waals surface area contributed by atoms with Crippen molar-refractivity contribution in [3.05, 3.63) is 34.5 Å². The quantitative estimate of drug-likeness (QED) is 0.786. The molecule has 3 heteroatoms. The van der Waals surface area contributed by atoms with Crippen molar-refractivity contribution in [1.29, 1.82) is 0 Å². The van der Waals surface area contributed by atoms with Gasteiger partial charge in [0.2, 0.25) is 0 Å². The van der Waals surface area contributed by atoms with E-state index in [1.165, 1.54) is 48.0 Å². The molecule has 1 heterocycles. The summed E-state index contributed by atoms with van der Waals surface area (Å²) in [6.45, 7) is 5.30. The summed E-state index contributed by atoms with van der Waals surface area (Å²) >= 11 is 6.42. The smallest absolute Gasteiger partial charge is 0.0914 e. The van der Waals surface area contributed by atoms with Gasteiger partial charge in [0.25, 0.3) is 0 Å². The van der Waals surface area contributed by atoms with E-state index >= 15 is 0 Å². The number of aryl methyl sites for hydroxylation is 1. The molecule has 1 fully saturated rings. The average Bonchev–Trinajstić information content (AvgIpc) is 3.02. The second-order valence-electron chi connectivity index (χ2n) is 6.09. The minimum absolute atomic E-state index is 0.605. The SMILES string of the molecule is CCCNc1cc(C2CCCC2)nc2c(Cl)ccc(C)c12. The first kappa shape index (κ1) is 14.6. The number of nitrogens with one attached hydrogen (secondary N) is 1. The first-order valence-electron chi connectivity index (χ1n) is 8.04. The highest BCUT2D eigenvalue weighted by Gasteiger charge is 2.21. The number of benzene rings is 1. The molecule has 2 aromatic rings. The fourth-order valence-corrected chi connectivity index (χ4v) is 3.53. The van der Waals surface area contributed by atoms with Crippen LogP contribution < -0.4 is 5.32 Å². The molecule has 1 aliphatic rings. The van der Waals surface area contributed by atoms with Gasteiger partial charge in [-0.25, -0.2) is 0 Å². The molecule has 0 amide bonds. The molecule has 0 atom stereocenters. The largest absolute Gasteiger partial charge is 0.384 e. The van der Waals surface area contributed by atoms with Gasteiger partial charge in [-0.1, -0.05) is 37.4 Å². The lowest BCUT2D eigenvalue weighted by atomic mass is 9.99. The minimum Gasteiger partial charge on any atom is -0.384 e. The maximum atomic E-state index is 6.42. The summed E-state index contributed by atoms with van der Waals surface area (Å²) in [5, 5.41) is 5.51.